The number of halogens is 1. The second kappa shape index (κ2) is 8.42. The molecule has 0 amide bonds. The lowest BCUT2D eigenvalue weighted by Crippen LogP contribution is -2.40. The van der Waals surface area contributed by atoms with Gasteiger partial charge in [0.15, 0.2) is 0 Å². The van der Waals surface area contributed by atoms with Gasteiger partial charge in [0.05, 0.1) is 5.57 Å². The van der Waals surface area contributed by atoms with Gasteiger partial charge in [0.2, 0.25) is 0 Å². The topological polar surface area (TPSA) is 65.0 Å². The molecule has 0 bridgehead atoms. The Labute approximate surface area is 181 Å². The van der Waals surface area contributed by atoms with Crippen LogP contribution in [-0.4, -0.2) is 28.9 Å². The maximum absolute atomic E-state index is 13.2. The highest BCUT2D eigenvalue weighted by atomic mass is 79.9. The van der Waals surface area contributed by atoms with E-state index in [0.717, 1.165) is 10.0 Å². The Morgan fingerprint density at radius 3 is 2.10 bits per heavy atom. The van der Waals surface area contributed by atoms with Crippen LogP contribution in [0.15, 0.2) is 45.0 Å². The number of benzene rings is 1. The van der Waals surface area contributed by atoms with Gasteiger partial charge in [0, 0.05) is 21.8 Å². The van der Waals surface area contributed by atoms with E-state index >= 15 is 0 Å². The number of allylic oxidation sites excluding steroid dienone is 1. The zero-order valence-corrected chi connectivity index (χ0v) is 20.0. The molecule has 0 aromatic heterocycles. The predicted octanol–water partition coefficient (Wildman–Crippen LogP) is 5.58. The number of ether oxygens (including phenoxy) is 2. The molecule has 158 valence electrons. The number of hydrogen-bond acceptors (Lipinski definition) is 5. The maximum atomic E-state index is 13.2. The first-order chi connectivity index (χ1) is 13.2. The van der Waals surface area contributed by atoms with E-state index in [-0.39, 0.29) is 0 Å². The van der Waals surface area contributed by atoms with E-state index in [2.05, 4.69) is 20.9 Å². The molecule has 0 saturated heterocycles. The first-order valence-corrected chi connectivity index (χ1v) is 10.5. The summed E-state index contributed by atoms with van der Waals surface area (Å²) >= 11 is 3.49. The molecular weight excluding hydrogens is 434 g/mol. The summed E-state index contributed by atoms with van der Waals surface area (Å²) in [4.78, 5) is 30.8. The molecule has 0 radical (unpaired) electrons. The Hall–Kier alpha value is -1.95. The van der Waals surface area contributed by atoms with Crippen LogP contribution in [0.2, 0.25) is 0 Å². The van der Waals surface area contributed by atoms with Gasteiger partial charge in [-0.1, -0.05) is 28.1 Å². The highest BCUT2D eigenvalue weighted by Gasteiger charge is 2.44. The van der Waals surface area contributed by atoms with Crippen molar-refractivity contribution in [2.45, 2.75) is 72.5 Å². The van der Waals surface area contributed by atoms with E-state index in [0.29, 0.717) is 17.0 Å². The van der Waals surface area contributed by atoms with Crippen LogP contribution in [0.25, 0.3) is 0 Å². The van der Waals surface area contributed by atoms with E-state index in [1.54, 1.807) is 13.8 Å². The SMILES string of the molecule is CC1=NC(C)=C(C(=O)OC(C)(C)C)C(c2cccc(Br)c2)C1C(=O)OC(C)(C)C. The van der Waals surface area contributed by atoms with Gasteiger partial charge in [-0.15, -0.1) is 0 Å². The third kappa shape index (κ3) is 6.01. The third-order valence-corrected chi connectivity index (χ3v) is 4.81. The van der Waals surface area contributed by atoms with Crippen LogP contribution < -0.4 is 0 Å². The maximum Gasteiger partial charge on any atom is 0.337 e. The summed E-state index contributed by atoms with van der Waals surface area (Å²) in [5.41, 5.74) is 1.07. The zero-order valence-electron chi connectivity index (χ0n) is 18.4. The molecule has 0 spiro atoms. The van der Waals surface area contributed by atoms with Gasteiger partial charge in [-0.2, -0.15) is 0 Å². The van der Waals surface area contributed by atoms with Gasteiger partial charge in [-0.05, 0) is 73.1 Å². The lowest BCUT2D eigenvalue weighted by atomic mass is 9.75. The molecule has 2 unspecified atom stereocenters. The van der Waals surface area contributed by atoms with Gasteiger partial charge in [0.1, 0.15) is 17.1 Å². The fourth-order valence-electron chi connectivity index (χ4n) is 3.37. The van der Waals surface area contributed by atoms with Crippen molar-refractivity contribution in [2.24, 2.45) is 10.9 Å². The lowest BCUT2D eigenvalue weighted by molar-refractivity contribution is -0.158. The molecule has 0 N–H and O–H groups in total. The second-order valence-electron chi connectivity index (χ2n) is 9.30. The number of esters is 2. The van der Waals surface area contributed by atoms with Crippen molar-refractivity contribution in [1.82, 2.24) is 0 Å². The highest BCUT2D eigenvalue weighted by Crippen LogP contribution is 2.41. The van der Waals surface area contributed by atoms with Crippen molar-refractivity contribution in [1.29, 1.82) is 0 Å². The van der Waals surface area contributed by atoms with Gasteiger partial charge in [0.25, 0.3) is 0 Å². The average Bonchev–Trinajstić information content (AvgIpc) is 2.50. The first kappa shape index (κ1) is 23.3. The summed E-state index contributed by atoms with van der Waals surface area (Å²) in [6, 6.07) is 7.61. The fraction of sp³-hybridized carbons (Fsp3) is 0.522. The van der Waals surface area contributed by atoms with Gasteiger partial charge in [-0.25, -0.2) is 4.79 Å². The molecule has 1 aliphatic rings. The Kier molecular flexibility index (Phi) is 6.78. The summed E-state index contributed by atoms with van der Waals surface area (Å²) < 4.78 is 12.2. The number of carbonyl (C=O) groups excluding carboxylic acids is 2. The lowest BCUT2D eigenvalue weighted by Gasteiger charge is -2.34. The van der Waals surface area contributed by atoms with Crippen LogP contribution in [0.4, 0.5) is 0 Å². The quantitative estimate of drug-likeness (QED) is 0.548. The molecular formula is C23H30BrNO4. The summed E-state index contributed by atoms with van der Waals surface area (Å²) in [5.74, 6) is -2.13. The van der Waals surface area contributed by atoms with Crippen molar-refractivity contribution in [3.05, 3.63) is 45.6 Å². The molecule has 2 rings (SSSR count). The molecule has 6 heteroatoms. The number of carbonyl (C=O) groups is 2. The minimum Gasteiger partial charge on any atom is -0.459 e. The minimum atomic E-state index is -0.713. The van der Waals surface area contributed by atoms with Crippen LogP contribution in [-0.2, 0) is 19.1 Å². The van der Waals surface area contributed by atoms with Crippen molar-refractivity contribution >= 4 is 33.6 Å². The third-order valence-electron chi connectivity index (χ3n) is 4.32. The molecule has 0 aliphatic carbocycles. The minimum absolute atomic E-state index is 0.388. The number of rotatable bonds is 3. The highest BCUT2D eigenvalue weighted by molar-refractivity contribution is 9.10. The van der Waals surface area contributed by atoms with Crippen LogP contribution in [0.1, 0.15) is 66.9 Å². The molecule has 1 aromatic carbocycles. The Morgan fingerprint density at radius 1 is 1.00 bits per heavy atom. The Morgan fingerprint density at radius 2 is 1.59 bits per heavy atom. The summed E-state index contributed by atoms with van der Waals surface area (Å²) in [6.07, 6.45) is 0. The largest absolute Gasteiger partial charge is 0.459 e. The fourth-order valence-corrected chi connectivity index (χ4v) is 3.78. The van der Waals surface area contributed by atoms with Crippen molar-refractivity contribution < 1.29 is 19.1 Å². The molecule has 0 fully saturated rings. The molecule has 29 heavy (non-hydrogen) atoms. The zero-order chi connectivity index (χ0) is 22.1. The Balaban J connectivity index is 2.64. The molecule has 1 heterocycles. The molecule has 5 nitrogen and oxygen atoms in total. The molecule has 2 atom stereocenters. The monoisotopic (exact) mass is 463 g/mol. The van der Waals surface area contributed by atoms with Gasteiger partial charge < -0.3 is 9.47 Å². The summed E-state index contributed by atoms with van der Waals surface area (Å²) in [7, 11) is 0. The predicted molar refractivity (Wildman–Crippen MR) is 118 cm³/mol. The summed E-state index contributed by atoms with van der Waals surface area (Å²) in [5, 5.41) is 0. The van der Waals surface area contributed by atoms with Crippen LogP contribution >= 0.6 is 15.9 Å². The number of nitrogens with zero attached hydrogens (tertiary/aromatic N) is 1. The van der Waals surface area contributed by atoms with E-state index < -0.39 is 35.0 Å². The van der Waals surface area contributed by atoms with Crippen LogP contribution in [0.5, 0.6) is 0 Å². The van der Waals surface area contributed by atoms with E-state index in [1.807, 2.05) is 65.8 Å². The number of aliphatic imine (C=N–C) groups is 1. The van der Waals surface area contributed by atoms with Crippen molar-refractivity contribution in [3.8, 4) is 0 Å². The second-order valence-corrected chi connectivity index (χ2v) is 10.2. The molecule has 1 aromatic rings. The van der Waals surface area contributed by atoms with Crippen molar-refractivity contribution in [3.63, 3.8) is 0 Å². The van der Waals surface area contributed by atoms with Crippen LogP contribution in [0, 0.1) is 5.92 Å². The molecule has 1 aliphatic heterocycles. The van der Waals surface area contributed by atoms with Gasteiger partial charge in [-0.3, -0.25) is 9.79 Å². The molecule has 0 saturated carbocycles. The standard InChI is InChI=1S/C23H30BrNO4/c1-13-17(20(26)28-22(3,4)5)19(15-10-9-11-16(24)12-15)18(14(2)25-13)21(27)29-23(6,7)8/h9-12,17,19H,1-8H3. The number of hydrogen-bond donors (Lipinski definition) is 0. The van der Waals surface area contributed by atoms with Crippen LogP contribution in [0.3, 0.4) is 0 Å². The smallest absolute Gasteiger partial charge is 0.337 e. The first-order valence-electron chi connectivity index (χ1n) is 9.67. The van der Waals surface area contributed by atoms with Gasteiger partial charge >= 0.3 is 11.9 Å². The van der Waals surface area contributed by atoms with Crippen molar-refractivity contribution in [2.75, 3.05) is 0 Å². The average molecular weight is 464 g/mol. The van der Waals surface area contributed by atoms with E-state index in [4.69, 9.17) is 9.47 Å². The summed E-state index contributed by atoms with van der Waals surface area (Å²) in [6.45, 7) is 14.5. The van der Waals surface area contributed by atoms with E-state index in [1.165, 1.54) is 0 Å². The Bertz CT molecular complexity index is 872. The van der Waals surface area contributed by atoms with E-state index in [9.17, 15) is 9.59 Å². The normalized spacial score (nSPS) is 20.2.